The van der Waals surface area contributed by atoms with Crippen LogP contribution < -0.4 is 9.64 Å². The molecule has 33 heavy (non-hydrogen) atoms. The fraction of sp³-hybridized carbons (Fsp3) is 0.474. The largest absolute Gasteiger partial charge is 0.469 e. The molecule has 3 aromatic rings. The smallest absolute Gasteiger partial charge is 0.413 e. The number of amides is 1. The van der Waals surface area contributed by atoms with E-state index < -0.39 is 37.6 Å². The summed E-state index contributed by atoms with van der Waals surface area (Å²) < 4.78 is 47.4. The monoisotopic (exact) mass is 483 g/mol. The van der Waals surface area contributed by atoms with Gasteiger partial charge in [0.15, 0.2) is 23.3 Å². The number of carbonyl (C=O) groups is 1. The van der Waals surface area contributed by atoms with E-state index in [0.717, 1.165) is 16.2 Å². The zero-order chi connectivity index (χ0) is 23.6. The lowest BCUT2D eigenvalue weighted by molar-refractivity contribution is -0.0379. The molecule has 1 aliphatic rings. The second kappa shape index (κ2) is 9.29. The molecule has 3 aromatic heterocycles. The summed E-state index contributed by atoms with van der Waals surface area (Å²) in [5.74, 6) is -2.42. The number of anilines is 1. The number of aryl methyl sites for hydroxylation is 1. The number of thiazole rings is 1. The maximum absolute atomic E-state index is 13.6. The summed E-state index contributed by atoms with van der Waals surface area (Å²) in [4.78, 5) is 29.8. The van der Waals surface area contributed by atoms with Gasteiger partial charge in [0.1, 0.15) is 18.8 Å². The molecule has 0 unspecified atom stereocenters. The van der Waals surface area contributed by atoms with E-state index in [1.165, 1.54) is 22.5 Å². The van der Waals surface area contributed by atoms with Crippen molar-refractivity contribution in [3.8, 4) is 16.7 Å². The first-order valence-electron chi connectivity index (χ1n) is 10.0. The molecular formula is C19H20F3N7O3S. The van der Waals surface area contributed by atoms with Gasteiger partial charge in [-0.1, -0.05) is 0 Å². The van der Waals surface area contributed by atoms with E-state index in [4.69, 9.17) is 4.74 Å². The van der Waals surface area contributed by atoms with Crippen LogP contribution in [0.3, 0.4) is 0 Å². The number of hydrogen-bond acceptors (Lipinski definition) is 8. The molecule has 0 bridgehead atoms. The molecule has 1 amide bonds. The standard InChI is InChI=1S/C19H20F3N7O3S/c1-28-10-23-13(27-28)8-32-15-6-14(25-16(26-15)17-24-11(7-20)9-33-17)29(18(30)31)12-2-4-19(21,22)5-3-12/h6,9-10,12H,2-5,7-8H2,1H3,(H,30,31). The molecule has 176 valence electrons. The van der Waals surface area contributed by atoms with Crippen molar-refractivity contribution in [3.63, 3.8) is 0 Å². The Labute approximate surface area is 190 Å². The maximum atomic E-state index is 13.6. The third-order valence-corrected chi connectivity index (χ3v) is 5.96. The van der Waals surface area contributed by atoms with Crippen molar-refractivity contribution in [3.05, 3.63) is 29.3 Å². The molecule has 0 aliphatic heterocycles. The highest BCUT2D eigenvalue weighted by atomic mass is 32.1. The van der Waals surface area contributed by atoms with Crippen molar-refractivity contribution in [1.29, 1.82) is 0 Å². The minimum absolute atomic E-state index is 0.0179. The second-order valence-electron chi connectivity index (χ2n) is 7.53. The molecule has 0 saturated heterocycles. The summed E-state index contributed by atoms with van der Waals surface area (Å²) in [6.45, 7) is -0.824. The fourth-order valence-corrected chi connectivity index (χ4v) is 4.22. The maximum Gasteiger partial charge on any atom is 0.413 e. The average Bonchev–Trinajstić information content (AvgIpc) is 3.42. The highest BCUT2D eigenvalue weighted by molar-refractivity contribution is 7.13. The van der Waals surface area contributed by atoms with Crippen LogP contribution in [0.1, 0.15) is 37.2 Å². The Bertz CT molecular complexity index is 1130. The van der Waals surface area contributed by atoms with Crippen LogP contribution in [0.4, 0.5) is 23.8 Å². The van der Waals surface area contributed by atoms with Gasteiger partial charge in [0, 0.05) is 37.4 Å². The van der Waals surface area contributed by atoms with Crippen molar-refractivity contribution >= 4 is 23.2 Å². The van der Waals surface area contributed by atoms with Crippen LogP contribution in [-0.2, 0) is 20.3 Å². The van der Waals surface area contributed by atoms with Gasteiger partial charge < -0.3 is 9.84 Å². The third kappa shape index (κ3) is 5.38. The Morgan fingerprint density at radius 3 is 2.70 bits per heavy atom. The first-order valence-corrected chi connectivity index (χ1v) is 10.9. The van der Waals surface area contributed by atoms with E-state index in [2.05, 4.69) is 25.0 Å². The molecule has 4 rings (SSSR count). The first kappa shape index (κ1) is 22.9. The molecule has 0 atom stereocenters. The van der Waals surface area contributed by atoms with Gasteiger partial charge in [-0.15, -0.1) is 11.3 Å². The summed E-state index contributed by atoms with van der Waals surface area (Å²) in [6, 6.07) is 0.629. The Balaban J connectivity index is 1.68. The molecule has 10 nitrogen and oxygen atoms in total. The van der Waals surface area contributed by atoms with Gasteiger partial charge in [0.2, 0.25) is 11.8 Å². The van der Waals surface area contributed by atoms with Gasteiger partial charge in [-0.2, -0.15) is 10.1 Å². The summed E-state index contributed by atoms with van der Waals surface area (Å²) >= 11 is 1.09. The van der Waals surface area contributed by atoms with E-state index >= 15 is 0 Å². The quantitative estimate of drug-likeness (QED) is 0.538. The van der Waals surface area contributed by atoms with Crippen LogP contribution in [0.25, 0.3) is 10.8 Å². The summed E-state index contributed by atoms with van der Waals surface area (Å²) in [5.41, 5.74) is 0.189. The average molecular weight is 483 g/mol. The Morgan fingerprint density at radius 1 is 1.33 bits per heavy atom. The number of ether oxygens (including phenoxy) is 1. The molecule has 0 aromatic carbocycles. The number of carboxylic acid groups (broad SMARTS) is 1. The van der Waals surface area contributed by atoms with Gasteiger partial charge in [0.05, 0.1) is 5.69 Å². The number of hydrogen-bond donors (Lipinski definition) is 1. The molecule has 1 fully saturated rings. The molecular weight excluding hydrogens is 463 g/mol. The molecule has 3 heterocycles. The van der Waals surface area contributed by atoms with Crippen molar-refractivity contribution in [1.82, 2.24) is 29.7 Å². The van der Waals surface area contributed by atoms with Gasteiger partial charge in [-0.05, 0) is 12.8 Å². The zero-order valence-electron chi connectivity index (χ0n) is 17.5. The van der Waals surface area contributed by atoms with Crippen molar-refractivity contribution in [2.45, 2.75) is 50.9 Å². The molecule has 14 heteroatoms. The predicted molar refractivity (Wildman–Crippen MR) is 111 cm³/mol. The highest BCUT2D eigenvalue weighted by Gasteiger charge is 2.39. The first-order chi connectivity index (χ1) is 15.7. The van der Waals surface area contributed by atoms with Gasteiger partial charge in [-0.25, -0.2) is 32.9 Å². The normalized spacial score (nSPS) is 16.0. The highest BCUT2D eigenvalue weighted by Crippen LogP contribution is 2.37. The Hall–Kier alpha value is -3.29. The number of nitrogens with zero attached hydrogens (tertiary/aromatic N) is 7. The van der Waals surface area contributed by atoms with Crippen molar-refractivity contribution < 1.29 is 27.8 Å². The van der Waals surface area contributed by atoms with E-state index in [0.29, 0.717) is 5.82 Å². The van der Waals surface area contributed by atoms with Crippen LogP contribution in [0.15, 0.2) is 17.8 Å². The number of halogens is 3. The molecule has 0 radical (unpaired) electrons. The van der Waals surface area contributed by atoms with E-state index in [-0.39, 0.29) is 47.7 Å². The van der Waals surface area contributed by atoms with Crippen LogP contribution in [-0.4, -0.2) is 52.9 Å². The predicted octanol–water partition coefficient (Wildman–Crippen LogP) is 3.84. The zero-order valence-corrected chi connectivity index (χ0v) is 18.3. The van der Waals surface area contributed by atoms with Crippen molar-refractivity contribution in [2.75, 3.05) is 4.90 Å². The van der Waals surface area contributed by atoms with Gasteiger partial charge in [0.25, 0.3) is 0 Å². The van der Waals surface area contributed by atoms with E-state index in [1.54, 1.807) is 7.05 Å². The second-order valence-corrected chi connectivity index (χ2v) is 8.39. The minimum Gasteiger partial charge on any atom is -0.469 e. The van der Waals surface area contributed by atoms with Crippen LogP contribution in [0, 0.1) is 0 Å². The summed E-state index contributed by atoms with van der Waals surface area (Å²) in [6.07, 6.45) is -0.711. The summed E-state index contributed by atoms with van der Waals surface area (Å²) in [7, 11) is 1.70. The molecule has 1 saturated carbocycles. The summed E-state index contributed by atoms with van der Waals surface area (Å²) in [5, 5.41) is 15.7. The minimum atomic E-state index is -2.81. The lowest BCUT2D eigenvalue weighted by Crippen LogP contribution is -2.44. The third-order valence-electron chi connectivity index (χ3n) is 5.07. The van der Waals surface area contributed by atoms with E-state index in [9.17, 15) is 23.1 Å². The Morgan fingerprint density at radius 2 is 2.09 bits per heavy atom. The van der Waals surface area contributed by atoms with Crippen LogP contribution in [0.2, 0.25) is 0 Å². The fourth-order valence-electron chi connectivity index (χ4n) is 3.49. The number of alkyl halides is 3. The van der Waals surface area contributed by atoms with Crippen LogP contribution in [0.5, 0.6) is 5.88 Å². The molecule has 1 N–H and O–H groups in total. The van der Waals surface area contributed by atoms with Gasteiger partial charge in [-0.3, -0.25) is 9.58 Å². The SMILES string of the molecule is Cn1cnc(COc2cc(N(C(=O)O)C3CCC(F)(F)CC3)nc(-c3nc(CF)cs3)n2)n1. The number of aromatic nitrogens is 6. The Kier molecular flexibility index (Phi) is 6.44. The topological polar surface area (TPSA) is 119 Å². The lowest BCUT2D eigenvalue weighted by Gasteiger charge is -2.34. The van der Waals surface area contributed by atoms with E-state index in [1.807, 2.05) is 0 Å². The van der Waals surface area contributed by atoms with Gasteiger partial charge >= 0.3 is 6.09 Å². The molecule has 1 aliphatic carbocycles. The number of rotatable bonds is 7. The van der Waals surface area contributed by atoms with Crippen molar-refractivity contribution in [2.24, 2.45) is 7.05 Å². The van der Waals surface area contributed by atoms with Crippen LogP contribution >= 0.6 is 11.3 Å². The lowest BCUT2D eigenvalue weighted by atomic mass is 9.91. The molecule has 0 spiro atoms.